The third-order valence-corrected chi connectivity index (χ3v) is 4.18. The topological polar surface area (TPSA) is 49.6 Å². The predicted molar refractivity (Wildman–Crippen MR) is 84.6 cm³/mol. The standard InChI is InChI=1S/C16H25N3O2/c1-17(13-14-18-10-3-2-4-11-18)12-9-15-5-7-16(8-6-15)19(20)21/h5-8H,2-4,9-14H2,1H3. The van der Waals surface area contributed by atoms with Gasteiger partial charge in [-0.15, -0.1) is 0 Å². The Kier molecular flexibility index (Phi) is 6.14. The Hall–Kier alpha value is -1.46. The Labute approximate surface area is 126 Å². The van der Waals surface area contributed by atoms with Crippen molar-refractivity contribution in [3.63, 3.8) is 0 Å². The van der Waals surface area contributed by atoms with Gasteiger partial charge >= 0.3 is 0 Å². The lowest BCUT2D eigenvalue weighted by molar-refractivity contribution is -0.384. The molecule has 116 valence electrons. The molecule has 5 heteroatoms. The van der Waals surface area contributed by atoms with Gasteiger partial charge < -0.3 is 9.80 Å². The van der Waals surface area contributed by atoms with Crippen LogP contribution >= 0.6 is 0 Å². The Bertz CT molecular complexity index is 441. The van der Waals surface area contributed by atoms with Crippen LogP contribution in [0.3, 0.4) is 0 Å². The van der Waals surface area contributed by atoms with E-state index in [2.05, 4.69) is 16.8 Å². The molecule has 0 spiro atoms. The van der Waals surface area contributed by atoms with Gasteiger partial charge in [0, 0.05) is 31.8 Å². The van der Waals surface area contributed by atoms with Gasteiger partial charge in [0.1, 0.15) is 0 Å². The van der Waals surface area contributed by atoms with Crippen molar-refractivity contribution in [2.75, 3.05) is 39.8 Å². The molecule has 0 unspecified atom stereocenters. The van der Waals surface area contributed by atoms with Gasteiger partial charge in [-0.25, -0.2) is 0 Å². The van der Waals surface area contributed by atoms with E-state index in [1.54, 1.807) is 12.1 Å². The number of nitro groups is 1. The van der Waals surface area contributed by atoms with Crippen molar-refractivity contribution in [3.05, 3.63) is 39.9 Å². The second-order valence-electron chi connectivity index (χ2n) is 5.88. The number of rotatable bonds is 7. The quantitative estimate of drug-likeness (QED) is 0.572. The van der Waals surface area contributed by atoms with Crippen molar-refractivity contribution in [1.29, 1.82) is 0 Å². The minimum Gasteiger partial charge on any atom is -0.305 e. The molecule has 1 aliphatic rings. The molecule has 21 heavy (non-hydrogen) atoms. The first-order valence-electron chi connectivity index (χ1n) is 7.79. The van der Waals surface area contributed by atoms with Gasteiger partial charge in [0.05, 0.1) is 4.92 Å². The molecule has 1 aromatic carbocycles. The van der Waals surface area contributed by atoms with Crippen molar-refractivity contribution >= 4 is 5.69 Å². The summed E-state index contributed by atoms with van der Waals surface area (Å²) in [6.45, 7) is 5.72. The molecule has 1 heterocycles. The zero-order valence-corrected chi connectivity index (χ0v) is 12.8. The van der Waals surface area contributed by atoms with E-state index in [9.17, 15) is 10.1 Å². The van der Waals surface area contributed by atoms with Crippen molar-refractivity contribution in [1.82, 2.24) is 9.80 Å². The summed E-state index contributed by atoms with van der Waals surface area (Å²) in [7, 11) is 2.15. The zero-order valence-electron chi connectivity index (χ0n) is 12.8. The summed E-state index contributed by atoms with van der Waals surface area (Å²) in [5.74, 6) is 0. The monoisotopic (exact) mass is 291 g/mol. The van der Waals surface area contributed by atoms with Crippen LogP contribution in [-0.2, 0) is 6.42 Å². The number of nitro benzene ring substituents is 1. The maximum atomic E-state index is 10.6. The minimum absolute atomic E-state index is 0.164. The van der Waals surface area contributed by atoms with E-state index in [0.717, 1.165) is 31.6 Å². The molecule has 0 N–H and O–H groups in total. The number of benzene rings is 1. The van der Waals surface area contributed by atoms with Crippen LogP contribution in [0.25, 0.3) is 0 Å². The lowest BCUT2D eigenvalue weighted by atomic mass is 10.1. The normalized spacial score (nSPS) is 16.3. The second kappa shape index (κ2) is 8.10. The molecule has 0 atom stereocenters. The fourth-order valence-corrected chi connectivity index (χ4v) is 2.71. The molecule has 2 rings (SSSR count). The molecular formula is C16H25N3O2. The van der Waals surface area contributed by atoms with Crippen molar-refractivity contribution < 1.29 is 4.92 Å². The maximum absolute atomic E-state index is 10.6. The van der Waals surface area contributed by atoms with Crippen molar-refractivity contribution in [2.45, 2.75) is 25.7 Å². The van der Waals surface area contributed by atoms with Crippen LogP contribution in [0, 0.1) is 10.1 Å². The Morgan fingerprint density at radius 1 is 1.14 bits per heavy atom. The van der Waals surface area contributed by atoms with Crippen molar-refractivity contribution in [2.24, 2.45) is 0 Å². The van der Waals surface area contributed by atoms with E-state index in [-0.39, 0.29) is 10.6 Å². The SMILES string of the molecule is CN(CCc1ccc([N+](=O)[O-])cc1)CCN1CCCCC1. The third-order valence-electron chi connectivity index (χ3n) is 4.18. The summed E-state index contributed by atoms with van der Waals surface area (Å²) in [5.41, 5.74) is 1.32. The first kappa shape index (κ1) is 15.9. The fourth-order valence-electron chi connectivity index (χ4n) is 2.71. The highest BCUT2D eigenvalue weighted by molar-refractivity contribution is 5.32. The summed E-state index contributed by atoms with van der Waals surface area (Å²) < 4.78 is 0. The Balaban J connectivity index is 1.68. The van der Waals surface area contributed by atoms with Gasteiger partial charge in [0.2, 0.25) is 0 Å². The first-order chi connectivity index (χ1) is 10.1. The van der Waals surface area contributed by atoms with E-state index < -0.39 is 0 Å². The summed E-state index contributed by atoms with van der Waals surface area (Å²) in [4.78, 5) is 15.1. The van der Waals surface area contributed by atoms with Crippen LogP contribution in [0.2, 0.25) is 0 Å². The number of hydrogen-bond donors (Lipinski definition) is 0. The molecule has 5 nitrogen and oxygen atoms in total. The number of nitrogens with zero attached hydrogens (tertiary/aromatic N) is 3. The highest BCUT2D eigenvalue weighted by atomic mass is 16.6. The van der Waals surface area contributed by atoms with Crippen LogP contribution in [0.15, 0.2) is 24.3 Å². The molecule has 0 aliphatic carbocycles. The smallest absolute Gasteiger partial charge is 0.269 e. The van der Waals surface area contributed by atoms with Crippen LogP contribution < -0.4 is 0 Å². The van der Waals surface area contributed by atoms with Crippen LogP contribution in [-0.4, -0.2) is 54.5 Å². The Morgan fingerprint density at radius 3 is 2.43 bits per heavy atom. The predicted octanol–water partition coefficient (Wildman–Crippen LogP) is 2.56. The van der Waals surface area contributed by atoms with E-state index in [1.807, 2.05) is 12.1 Å². The molecule has 0 saturated carbocycles. The highest BCUT2D eigenvalue weighted by Crippen LogP contribution is 2.12. The molecule has 1 fully saturated rings. The average molecular weight is 291 g/mol. The maximum Gasteiger partial charge on any atom is 0.269 e. The van der Waals surface area contributed by atoms with Crippen LogP contribution in [0.4, 0.5) is 5.69 Å². The summed E-state index contributed by atoms with van der Waals surface area (Å²) in [6.07, 6.45) is 5.00. The van der Waals surface area contributed by atoms with Gasteiger partial charge in [-0.05, 0) is 45.0 Å². The van der Waals surface area contributed by atoms with E-state index in [0.29, 0.717) is 0 Å². The number of likely N-dealkylation sites (N-methyl/N-ethyl adjacent to an activating group) is 1. The molecule has 0 amide bonds. The molecule has 0 radical (unpaired) electrons. The molecule has 0 bridgehead atoms. The number of hydrogen-bond acceptors (Lipinski definition) is 4. The summed E-state index contributed by atoms with van der Waals surface area (Å²) >= 11 is 0. The van der Waals surface area contributed by atoms with E-state index in [4.69, 9.17) is 0 Å². The lowest BCUT2D eigenvalue weighted by Gasteiger charge is -2.28. The van der Waals surface area contributed by atoms with Crippen LogP contribution in [0.1, 0.15) is 24.8 Å². The minimum atomic E-state index is -0.353. The lowest BCUT2D eigenvalue weighted by Crippen LogP contribution is -2.37. The zero-order chi connectivity index (χ0) is 15.1. The van der Waals surface area contributed by atoms with Gasteiger partial charge in [-0.1, -0.05) is 18.6 Å². The molecule has 1 aromatic rings. The van der Waals surface area contributed by atoms with Gasteiger partial charge in [0.25, 0.3) is 5.69 Å². The van der Waals surface area contributed by atoms with Gasteiger partial charge in [-0.2, -0.15) is 0 Å². The average Bonchev–Trinajstić information content (AvgIpc) is 2.52. The molecule has 1 aliphatic heterocycles. The number of piperidine rings is 1. The summed E-state index contributed by atoms with van der Waals surface area (Å²) in [5, 5.41) is 10.6. The number of likely N-dealkylation sites (tertiary alicyclic amines) is 1. The number of non-ortho nitro benzene ring substituents is 1. The van der Waals surface area contributed by atoms with E-state index >= 15 is 0 Å². The molecular weight excluding hydrogens is 266 g/mol. The van der Waals surface area contributed by atoms with Gasteiger partial charge in [-0.3, -0.25) is 10.1 Å². The first-order valence-corrected chi connectivity index (χ1v) is 7.79. The van der Waals surface area contributed by atoms with Gasteiger partial charge in [0.15, 0.2) is 0 Å². The highest BCUT2D eigenvalue weighted by Gasteiger charge is 2.10. The largest absolute Gasteiger partial charge is 0.305 e. The molecule has 0 aromatic heterocycles. The third kappa shape index (κ3) is 5.44. The van der Waals surface area contributed by atoms with Crippen LogP contribution in [0.5, 0.6) is 0 Å². The summed E-state index contributed by atoms with van der Waals surface area (Å²) in [6, 6.07) is 6.89. The fraction of sp³-hybridized carbons (Fsp3) is 0.625. The van der Waals surface area contributed by atoms with E-state index in [1.165, 1.54) is 32.4 Å². The molecule has 1 saturated heterocycles. The second-order valence-corrected chi connectivity index (χ2v) is 5.88. The Morgan fingerprint density at radius 2 is 1.81 bits per heavy atom. The van der Waals surface area contributed by atoms with Crippen molar-refractivity contribution in [3.8, 4) is 0 Å².